The van der Waals surface area contributed by atoms with Gasteiger partial charge in [-0.2, -0.15) is 4.99 Å². The van der Waals surface area contributed by atoms with E-state index in [0.29, 0.717) is 23.0 Å². The number of thiazole rings is 1. The van der Waals surface area contributed by atoms with E-state index in [2.05, 4.69) is 37.3 Å². The molecule has 1 amide bonds. The first-order chi connectivity index (χ1) is 12.7. The smallest absolute Gasteiger partial charge is 0.283 e. The van der Waals surface area contributed by atoms with Crippen LogP contribution >= 0.6 is 11.3 Å². The van der Waals surface area contributed by atoms with E-state index in [0.717, 1.165) is 11.3 Å². The van der Waals surface area contributed by atoms with E-state index >= 15 is 0 Å². The van der Waals surface area contributed by atoms with Crippen LogP contribution in [-0.2, 0) is 12.0 Å². The Bertz CT molecular complexity index is 914. The van der Waals surface area contributed by atoms with Crippen LogP contribution in [0, 0.1) is 12.8 Å². The summed E-state index contributed by atoms with van der Waals surface area (Å²) in [4.78, 5) is 19.5. The van der Waals surface area contributed by atoms with Crippen molar-refractivity contribution < 1.29 is 14.3 Å². The summed E-state index contributed by atoms with van der Waals surface area (Å²) >= 11 is 1.62. The molecule has 5 nitrogen and oxygen atoms in total. The van der Waals surface area contributed by atoms with E-state index in [4.69, 9.17) is 9.47 Å². The molecule has 0 N–H and O–H groups in total. The number of aromatic nitrogens is 1. The van der Waals surface area contributed by atoms with Crippen molar-refractivity contribution in [1.29, 1.82) is 0 Å². The second kappa shape index (κ2) is 7.50. The summed E-state index contributed by atoms with van der Waals surface area (Å²) in [7, 11) is 3.13. The molecule has 1 saturated carbocycles. The topological polar surface area (TPSA) is 52.8 Å². The minimum atomic E-state index is -0.291. The maximum Gasteiger partial charge on any atom is 0.283 e. The van der Waals surface area contributed by atoms with Gasteiger partial charge in [0.25, 0.3) is 5.91 Å². The molecule has 1 heterocycles. The molecule has 1 fully saturated rings. The van der Waals surface area contributed by atoms with Gasteiger partial charge in [-0.15, -0.1) is 11.3 Å². The summed E-state index contributed by atoms with van der Waals surface area (Å²) in [6.45, 7) is 9.67. The molecule has 0 radical (unpaired) electrons. The number of hydrogen-bond donors (Lipinski definition) is 0. The van der Waals surface area contributed by atoms with Gasteiger partial charge in [-0.1, -0.05) is 20.8 Å². The zero-order valence-electron chi connectivity index (χ0n) is 17.0. The second-order valence-electron chi connectivity index (χ2n) is 8.09. The van der Waals surface area contributed by atoms with Gasteiger partial charge in [0.1, 0.15) is 11.5 Å². The van der Waals surface area contributed by atoms with Crippen LogP contribution in [0.25, 0.3) is 0 Å². The number of rotatable bonds is 5. The van der Waals surface area contributed by atoms with Crippen LogP contribution < -0.4 is 14.3 Å². The van der Waals surface area contributed by atoms with E-state index in [1.165, 1.54) is 23.4 Å². The normalized spacial score (nSPS) is 15.1. The van der Waals surface area contributed by atoms with Crippen molar-refractivity contribution in [2.45, 2.75) is 52.5 Å². The molecular weight excluding hydrogens is 360 g/mol. The van der Waals surface area contributed by atoms with Gasteiger partial charge in [-0.25, -0.2) is 0 Å². The molecule has 0 spiro atoms. The van der Waals surface area contributed by atoms with Crippen molar-refractivity contribution in [3.8, 4) is 11.5 Å². The summed E-state index contributed by atoms with van der Waals surface area (Å²) < 4.78 is 12.8. The van der Waals surface area contributed by atoms with Gasteiger partial charge in [-0.05, 0) is 43.2 Å². The van der Waals surface area contributed by atoms with E-state index in [9.17, 15) is 4.79 Å². The molecule has 146 valence electrons. The molecule has 0 bridgehead atoms. The van der Waals surface area contributed by atoms with Gasteiger partial charge in [0.05, 0.1) is 19.8 Å². The Labute approximate surface area is 164 Å². The average molecular weight is 389 g/mol. The molecule has 0 aliphatic heterocycles. The summed E-state index contributed by atoms with van der Waals surface area (Å²) in [6.07, 6.45) is 2.51. The van der Waals surface area contributed by atoms with Gasteiger partial charge in [-0.3, -0.25) is 4.79 Å². The number of benzene rings is 1. The third-order valence-electron chi connectivity index (χ3n) is 4.81. The van der Waals surface area contributed by atoms with Crippen LogP contribution in [0.4, 0.5) is 0 Å². The number of carbonyl (C=O) groups excluding carboxylic acids is 1. The SMILES string of the molecule is COc1ccc(C(=O)/N=c2\sc(C(C)(C)C)c(C)n2CC2CC2)c(OC)c1. The number of methoxy groups -OCH3 is 2. The van der Waals surface area contributed by atoms with Gasteiger partial charge < -0.3 is 14.0 Å². The lowest BCUT2D eigenvalue weighted by Crippen LogP contribution is -2.20. The molecule has 3 rings (SSSR count). The third kappa shape index (κ3) is 4.26. The highest BCUT2D eigenvalue weighted by Crippen LogP contribution is 2.33. The van der Waals surface area contributed by atoms with Crippen molar-refractivity contribution in [1.82, 2.24) is 4.57 Å². The predicted octanol–water partition coefficient (Wildman–Crippen LogP) is 4.32. The largest absolute Gasteiger partial charge is 0.497 e. The van der Waals surface area contributed by atoms with Crippen molar-refractivity contribution >= 4 is 17.2 Å². The van der Waals surface area contributed by atoms with Crippen molar-refractivity contribution in [2.24, 2.45) is 10.9 Å². The van der Waals surface area contributed by atoms with Crippen LogP contribution in [0.15, 0.2) is 23.2 Å². The monoisotopic (exact) mass is 388 g/mol. The minimum Gasteiger partial charge on any atom is -0.497 e. The fourth-order valence-corrected chi connectivity index (χ4v) is 4.36. The number of hydrogen-bond acceptors (Lipinski definition) is 4. The summed E-state index contributed by atoms with van der Waals surface area (Å²) in [5.41, 5.74) is 1.68. The van der Waals surface area contributed by atoms with Crippen molar-refractivity contribution in [2.75, 3.05) is 14.2 Å². The summed E-state index contributed by atoms with van der Waals surface area (Å²) in [5, 5.41) is 0. The van der Waals surface area contributed by atoms with Crippen LogP contribution in [0.2, 0.25) is 0 Å². The maximum absolute atomic E-state index is 12.9. The standard InChI is InChI=1S/C21H28N2O3S/c1-13-18(21(2,3)4)27-20(23(13)12-14-7-8-14)22-19(24)16-10-9-15(25-5)11-17(16)26-6/h9-11,14H,7-8,12H2,1-6H3/b22-20-. The van der Waals surface area contributed by atoms with E-state index in [1.807, 2.05) is 0 Å². The molecule has 0 atom stereocenters. The summed E-state index contributed by atoms with van der Waals surface area (Å²) in [5.74, 6) is 1.53. The molecule has 1 aliphatic carbocycles. The highest BCUT2D eigenvalue weighted by atomic mass is 32.1. The van der Waals surface area contributed by atoms with E-state index in [1.54, 1.807) is 43.8 Å². The first kappa shape index (κ1) is 19.7. The molecule has 2 aromatic rings. The summed E-state index contributed by atoms with van der Waals surface area (Å²) in [6, 6.07) is 5.17. The van der Waals surface area contributed by atoms with Gasteiger partial charge in [0, 0.05) is 23.2 Å². The van der Waals surface area contributed by atoms with Crippen LogP contribution in [-0.4, -0.2) is 24.7 Å². The third-order valence-corrected chi connectivity index (χ3v) is 6.42. The van der Waals surface area contributed by atoms with E-state index < -0.39 is 0 Å². The highest BCUT2D eigenvalue weighted by Gasteiger charge is 2.27. The Kier molecular flexibility index (Phi) is 5.47. The Morgan fingerprint density at radius 1 is 1.26 bits per heavy atom. The first-order valence-electron chi connectivity index (χ1n) is 9.26. The Morgan fingerprint density at radius 2 is 1.96 bits per heavy atom. The van der Waals surface area contributed by atoms with E-state index in [-0.39, 0.29) is 11.3 Å². The zero-order valence-corrected chi connectivity index (χ0v) is 17.8. The molecule has 1 aromatic carbocycles. The van der Waals surface area contributed by atoms with Crippen molar-refractivity contribution in [3.63, 3.8) is 0 Å². The van der Waals surface area contributed by atoms with Crippen LogP contribution in [0.5, 0.6) is 11.5 Å². The predicted molar refractivity (Wildman–Crippen MR) is 108 cm³/mol. The number of amides is 1. The van der Waals surface area contributed by atoms with Crippen LogP contribution in [0.1, 0.15) is 54.5 Å². The Hall–Kier alpha value is -2.08. The highest BCUT2D eigenvalue weighted by molar-refractivity contribution is 7.09. The van der Waals surface area contributed by atoms with Gasteiger partial charge in [0.2, 0.25) is 0 Å². The number of ether oxygens (including phenoxy) is 2. The average Bonchev–Trinajstić information content (AvgIpc) is 3.39. The van der Waals surface area contributed by atoms with Gasteiger partial charge in [0.15, 0.2) is 4.80 Å². The quantitative estimate of drug-likeness (QED) is 0.766. The molecule has 0 saturated heterocycles. The lowest BCUT2D eigenvalue weighted by molar-refractivity contribution is 0.0994. The maximum atomic E-state index is 12.9. The Balaban J connectivity index is 2.06. The Morgan fingerprint density at radius 3 is 2.52 bits per heavy atom. The van der Waals surface area contributed by atoms with Gasteiger partial charge >= 0.3 is 0 Å². The molecule has 6 heteroatoms. The zero-order chi connectivity index (χ0) is 19.8. The number of nitrogens with zero attached hydrogens (tertiary/aromatic N) is 2. The lowest BCUT2D eigenvalue weighted by Gasteiger charge is -2.17. The fraction of sp³-hybridized carbons (Fsp3) is 0.524. The molecule has 1 aromatic heterocycles. The lowest BCUT2D eigenvalue weighted by atomic mass is 9.93. The number of carbonyl (C=O) groups is 1. The molecule has 1 aliphatic rings. The van der Waals surface area contributed by atoms with Crippen molar-refractivity contribution in [3.05, 3.63) is 39.1 Å². The molecule has 0 unspecified atom stereocenters. The first-order valence-corrected chi connectivity index (χ1v) is 10.1. The molecule has 27 heavy (non-hydrogen) atoms. The second-order valence-corrected chi connectivity index (χ2v) is 9.06. The van der Waals surface area contributed by atoms with Crippen LogP contribution in [0.3, 0.4) is 0 Å². The fourth-order valence-electron chi connectivity index (χ4n) is 3.16. The minimum absolute atomic E-state index is 0.0225. The molecular formula is C21H28N2O3S.